The number of carbonyl (C=O) groups excluding carboxylic acids is 1. The molecule has 0 aliphatic heterocycles. The number of benzene rings is 1. The second-order valence-corrected chi connectivity index (χ2v) is 6.03. The molecule has 1 heterocycles. The molecule has 23 heavy (non-hydrogen) atoms. The molecule has 1 N–H and O–H groups in total. The van der Waals surface area contributed by atoms with Crippen molar-refractivity contribution >= 4 is 5.91 Å². The summed E-state index contributed by atoms with van der Waals surface area (Å²) in [4.78, 5) is 18.4. The molecule has 0 fully saturated rings. The molecule has 1 aromatic heterocycles. The van der Waals surface area contributed by atoms with Crippen LogP contribution in [0.1, 0.15) is 43.9 Å². The van der Waals surface area contributed by atoms with Crippen molar-refractivity contribution in [2.75, 3.05) is 7.05 Å². The zero-order valence-electron chi connectivity index (χ0n) is 13.9. The highest BCUT2D eigenvalue weighted by molar-refractivity contribution is 5.77. The molecule has 2 atom stereocenters. The van der Waals surface area contributed by atoms with Crippen LogP contribution >= 0.6 is 0 Å². The number of carbonyl (C=O) groups is 1. The van der Waals surface area contributed by atoms with Crippen molar-refractivity contribution in [3.8, 4) is 0 Å². The third-order valence-corrected chi connectivity index (χ3v) is 4.23. The van der Waals surface area contributed by atoms with Gasteiger partial charge in [-0.3, -0.25) is 9.78 Å². The second kappa shape index (κ2) is 7.38. The predicted molar refractivity (Wildman–Crippen MR) is 90.7 cm³/mol. The van der Waals surface area contributed by atoms with Gasteiger partial charge in [0.25, 0.3) is 0 Å². The van der Waals surface area contributed by atoms with Crippen LogP contribution < -0.4 is 0 Å². The van der Waals surface area contributed by atoms with Gasteiger partial charge in [-0.05, 0) is 36.6 Å². The normalized spacial score (nSPS) is 14.8. The van der Waals surface area contributed by atoms with E-state index in [9.17, 15) is 9.90 Å². The largest absolute Gasteiger partial charge is 0.385 e. The molecule has 0 aliphatic carbocycles. The molecule has 2 rings (SSSR count). The Labute approximate surface area is 137 Å². The predicted octanol–water partition coefficient (Wildman–Crippen LogP) is 3.29. The van der Waals surface area contributed by atoms with Crippen LogP contribution in [0.3, 0.4) is 0 Å². The SMILES string of the molecule is CCC(c1ccncc1)N(C)C(=O)CC(C)(O)c1ccccc1. The van der Waals surface area contributed by atoms with Gasteiger partial charge in [0.1, 0.15) is 0 Å². The van der Waals surface area contributed by atoms with Crippen LogP contribution in [0.5, 0.6) is 0 Å². The van der Waals surface area contributed by atoms with E-state index >= 15 is 0 Å². The number of aromatic nitrogens is 1. The summed E-state index contributed by atoms with van der Waals surface area (Å²) in [6.45, 7) is 3.73. The summed E-state index contributed by atoms with van der Waals surface area (Å²) in [6.07, 6.45) is 4.32. The Hall–Kier alpha value is -2.20. The van der Waals surface area contributed by atoms with E-state index in [0.717, 1.165) is 17.5 Å². The van der Waals surface area contributed by atoms with Gasteiger partial charge < -0.3 is 10.0 Å². The van der Waals surface area contributed by atoms with Crippen molar-refractivity contribution in [3.63, 3.8) is 0 Å². The molecule has 0 bridgehead atoms. The molecule has 0 radical (unpaired) electrons. The summed E-state index contributed by atoms with van der Waals surface area (Å²) in [7, 11) is 1.79. The lowest BCUT2D eigenvalue weighted by molar-refractivity contribution is -0.137. The van der Waals surface area contributed by atoms with E-state index in [0.29, 0.717) is 0 Å². The van der Waals surface area contributed by atoms with E-state index in [4.69, 9.17) is 0 Å². The van der Waals surface area contributed by atoms with Crippen molar-refractivity contribution < 1.29 is 9.90 Å². The van der Waals surface area contributed by atoms with Crippen LogP contribution in [-0.4, -0.2) is 27.9 Å². The standard InChI is InChI=1S/C19H24N2O2/c1-4-17(15-10-12-20-13-11-15)21(3)18(22)14-19(2,23)16-8-6-5-7-9-16/h5-13,17,23H,4,14H2,1-3H3. The van der Waals surface area contributed by atoms with Gasteiger partial charge in [-0.25, -0.2) is 0 Å². The van der Waals surface area contributed by atoms with Crippen molar-refractivity contribution in [1.82, 2.24) is 9.88 Å². The van der Waals surface area contributed by atoms with Crippen LogP contribution in [0.4, 0.5) is 0 Å². The number of aliphatic hydroxyl groups is 1. The van der Waals surface area contributed by atoms with Gasteiger partial charge in [-0.1, -0.05) is 37.3 Å². The third-order valence-electron chi connectivity index (χ3n) is 4.23. The van der Waals surface area contributed by atoms with Crippen LogP contribution in [0.2, 0.25) is 0 Å². The monoisotopic (exact) mass is 312 g/mol. The van der Waals surface area contributed by atoms with Gasteiger partial charge in [0, 0.05) is 19.4 Å². The minimum atomic E-state index is -1.18. The van der Waals surface area contributed by atoms with Gasteiger partial charge in [-0.2, -0.15) is 0 Å². The van der Waals surface area contributed by atoms with Gasteiger partial charge in [0.05, 0.1) is 18.1 Å². The zero-order valence-corrected chi connectivity index (χ0v) is 13.9. The van der Waals surface area contributed by atoms with Crippen molar-refractivity contribution in [1.29, 1.82) is 0 Å². The highest BCUT2D eigenvalue weighted by atomic mass is 16.3. The molecule has 0 saturated heterocycles. The molecular weight excluding hydrogens is 288 g/mol. The molecule has 0 aliphatic rings. The molecule has 1 aromatic carbocycles. The fraction of sp³-hybridized carbons (Fsp3) is 0.368. The van der Waals surface area contributed by atoms with Crippen LogP contribution in [0.25, 0.3) is 0 Å². The first-order valence-corrected chi connectivity index (χ1v) is 7.89. The van der Waals surface area contributed by atoms with E-state index in [2.05, 4.69) is 4.98 Å². The first kappa shape index (κ1) is 17.2. The highest BCUT2D eigenvalue weighted by Gasteiger charge is 2.30. The smallest absolute Gasteiger partial charge is 0.226 e. The lowest BCUT2D eigenvalue weighted by Gasteiger charge is -2.31. The minimum absolute atomic E-state index is 0.0166. The van der Waals surface area contributed by atoms with Gasteiger partial charge in [0.2, 0.25) is 5.91 Å². The average Bonchev–Trinajstić information content (AvgIpc) is 2.57. The summed E-state index contributed by atoms with van der Waals surface area (Å²) < 4.78 is 0. The summed E-state index contributed by atoms with van der Waals surface area (Å²) in [6, 6.07) is 13.1. The van der Waals surface area contributed by atoms with Crippen LogP contribution in [-0.2, 0) is 10.4 Å². The molecule has 0 saturated carbocycles. The molecule has 4 heteroatoms. The minimum Gasteiger partial charge on any atom is -0.385 e. The second-order valence-electron chi connectivity index (χ2n) is 6.03. The number of hydrogen-bond donors (Lipinski definition) is 1. The van der Waals surface area contributed by atoms with E-state index in [-0.39, 0.29) is 18.4 Å². The van der Waals surface area contributed by atoms with E-state index in [1.54, 1.807) is 31.3 Å². The Bertz CT molecular complexity index is 626. The maximum atomic E-state index is 12.7. The Balaban J connectivity index is 2.13. The fourth-order valence-electron chi connectivity index (χ4n) is 2.81. The lowest BCUT2D eigenvalue weighted by Crippen LogP contribution is -2.36. The summed E-state index contributed by atoms with van der Waals surface area (Å²) in [5.41, 5.74) is 0.625. The third kappa shape index (κ3) is 4.17. The van der Waals surface area contributed by atoms with E-state index < -0.39 is 5.60 Å². The Morgan fingerprint density at radius 2 is 1.83 bits per heavy atom. The van der Waals surface area contributed by atoms with Gasteiger partial charge in [-0.15, -0.1) is 0 Å². The van der Waals surface area contributed by atoms with Crippen LogP contribution in [0, 0.1) is 0 Å². The van der Waals surface area contributed by atoms with Crippen molar-refractivity contribution in [2.24, 2.45) is 0 Å². The number of pyridine rings is 1. The maximum absolute atomic E-state index is 12.7. The number of nitrogens with zero attached hydrogens (tertiary/aromatic N) is 2. The fourth-order valence-corrected chi connectivity index (χ4v) is 2.81. The molecule has 2 unspecified atom stereocenters. The Kier molecular flexibility index (Phi) is 5.50. The van der Waals surface area contributed by atoms with Crippen molar-refractivity contribution in [2.45, 2.75) is 38.3 Å². The Morgan fingerprint density at radius 1 is 1.22 bits per heavy atom. The van der Waals surface area contributed by atoms with Gasteiger partial charge >= 0.3 is 0 Å². The van der Waals surface area contributed by atoms with Crippen LogP contribution in [0.15, 0.2) is 54.9 Å². The topological polar surface area (TPSA) is 53.4 Å². The summed E-state index contributed by atoms with van der Waals surface area (Å²) >= 11 is 0. The summed E-state index contributed by atoms with van der Waals surface area (Å²) in [5, 5.41) is 10.7. The maximum Gasteiger partial charge on any atom is 0.226 e. The van der Waals surface area contributed by atoms with Crippen molar-refractivity contribution in [3.05, 3.63) is 66.0 Å². The van der Waals surface area contributed by atoms with E-state index in [1.165, 1.54) is 0 Å². The molecule has 0 spiro atoms. The van der Waals surface area contributed by atoms with Gasteiger partial charge in [0.15, 0.2) is 0 Å². The first-order chi connectivity index (χ1) is 11.0. The zero-order chi connectivity index (χ0) is 16.9. The lowest BCUT2D eigenvalue weighted by atomic mass is 9.91. The molecule has 122 valence electrons. The Morgan fingerprint density at radius 3 is 2.39 bits per heavy atom. The molecular formula is C19H24N2O2. The molecule has 1 amide bonds. The molecule has 2 aromatic rings. The van der Waals surface area contributed by atoms with E-state index in [1.807, 2.05) is 49.4 Å². The quantitative estimate of drug-likeness (QED) is 0.890. The average molecular weight is 312 g/mol. The summed E-state index contributed by atoms with van der Waals surface area (Å²) in [5.74, 6) is -0.0810. The number of amides is 1. The number of rotatable bonds is 6. The molecule has 4 nitrogen and oxygen atoms in total. The highest BCUT2D eigenvalue weighted by Crippen LogP contribution is 2.28. The first-order valence-electron chi connectivity index (χ1n) is 7.89. The number of hydrogen-bond acceptors (Lipinski definition) is 3.